The maximum atomic E-state index is 12.8. The lowest BCUT2D eigenvalue weighted by Crippen LogP contribution is -2.49. The molecule has 1 saturated heterocycles. The van der Waals surface area contributed by atoms with E-state index in [9.17, 15) is 8.42 Å². The number of hydrogen-bond acceptors (Lipinski definition) is 7. The van der Waals surface area contributed by atoms with Gasteiger partial charge in [0.1, 0.15) is 11.2 Å². The molecule has 0 aliphatic carbocycles. The molecule has 26 heavy (non-hydrogen) atoms. The number of fused-ring (bicyclic) bond motifs is 1. The van der Waals surface area contributed by atoms with E-state index in [0.717, 1.165) is 0 Å². The fourth-order valence-corrected chi connectivity index (χ4v) is 4.92. The summed E-state index contributed by atoms with van der Waals surface area (Å²) in [6.45, 7) is 1.65. The number of piperazine rings is 1. The third-order valence-corrected chi connectivity index (χ3v) is 6.76. The summed E-state index contributed by atoms with van der Waals surface area (Å²) < 4.78 is 28.7. The number of halogens is 1. The maximum Gasteiger partial charge on any atom is 0.244 e. The van der Waals surface area contributed by atoms with Crippen LogP contribution in [0, 0.1) is 0 Å². The van der Waals surface area contributed by atoms with Gasteiger partial charge < -0.3 is 4.90 Å². The van der Waals surface area contributed by atoms with Gasteiger partial charge in [-0.05, 0) is 12.1 Å². The van der Waals surface area contributed by atoms with Gasteiger partial charge in [0.15, 0.2) is 17.0 Å². The van der Waals surface area contributed by atoms with Crippen molar-refractivity contribution in [3.05, 3.63) is 35.6 Å². The Morgan fingerprint density at radius 1 is 1.08 bits per heavy atom. The van der Waals surface area contributed by atoms with E-state index in [4.69, 9.17) is 11.6 Å². The van der Waals surface area contributed by atoms with E-state index in [1.165, 1.54) is 16.7 Å². The van der Waals surface area contributed by atoms with Crippen molar-refractivity contribution in [3.8, 4) is 0 Å². The van der Waals surface area contributed by atoms with Crippen molar-refractivity contribution in [3.63, 3.8) is 0 Å². The Morgan fingerprint density at radius 2 is 1.81 bits per heavy atom. The minimum Gasteiger partial charge on any atom is -0.352 e. The van der Waals surface area contributed by atoms with E-state index in [2.05, 4.69) is 20.3 Å². The molecule has 0 spiro atoms. The molecule has 1 fully saturated rings. The second kappa shape index (κ2) is 6.45. The van der Waals surface area contributed by atoms with Crippen molar-refractivity contribution >= 4 is 38.6 Å². The summed E-state index contributed by atoms with van der Waals surface area (Å²) >= 11 is 6.07. The molecular weight excluding hydrogens is 378 g/mol. The second-order valence-corrected chi connectivity index (χ2v) is 8.22. The Hall–Kier alpha value is -2.30. The zero-order valence-corrected chi connectivity index (χ0v) is 15.5. The first-order valence-corrected chi connectivity index (χ1v) is 9.80. The van der Waals surface area contributed by atoms with Crippen LogP contribution >= 0.6 is 11.6 Å². The molecule has 1 aliphatic rings. The van der Waals surface area contributed by atoms with Crippen LogP contribution in [-0.2, 0) is 17.1 Å². The number of anilines is 1. The van der Waals surface area contributed by atoms with Gasteiger partial charge in [-0.3, -0.25) is 0 Å². The van der Waals surface area contributed by atoms with E-state index in [0.29, 0.717) is 43.2 Å². The highest BCUT2D eigenvalue weighted by atomic mass is 35.5. The van der Waals surface area contributed by atoms with Gasteiger partial charge >= 0.3 is 0 Å². The zero-order chi connectivity index (χ0) is 18.3. The highest BCUT2D eigenvalue weighted by Crippen LogP contribution is 2.27. The van der Waals surface area contributed by atoms with Crippen LogP contribution in [0.4, 0.5) is 5.82 Å². The largest absolute Gasteiger partial charge is 0.352 e. The molecule has 0 saturated carbocycles. The number of aromatic nitrogens is 5. The average molecular weight is 394 g/mol. The number of rotatable bonds is 3. The van der Waals surface area contributed by atoms with E-state index in [1.54, 1.807) is 29.9 Å². The van der Waals surface area contributed by atoms with Gasteiger partial charge in [-0.15, -0.1) is 5.10 Å². The van der Waals surface area contributed by atoms with E-state index in [1.807, 2.05) is 4.90 Å². The van der Waals surface area contributed by atoms with Crippen LogP contribution in [0.15, 0.2) is 35.5 Å². The molecule has 0 N–H and O–H groups in total. The average Bonchev–Trinajstić information content (AvgIpc) is 3.03. The molecule has 0 atom stereocenters. The van der Waals surface area contributed by atoms with Crippen LogP contribution in [0.1, 0.15) is 0 Å². The summed E-state index contributed by atoms with van der Waals surface area (Å²) in [5, 5.41) is 8.32. The van der Waals surface area contributed by atoms with Crippen LogP contribution in [-0.4, -0.2) is 63.9 Å². The number of aryl methyl sites for hydroxylation is 1. The molecule has 9 nitrogen and oxygen atoms in total. The lowest BCUT2D eigenvalue weighted by atomic mass is 10.3. The summed E-state index contributed by atoms with van der Waals surface area (Å²) in [6.07, 6.45) is 1.47. The maximum absolute atomic E-state index is 12.8. The van der Waals surface area contributed by atoms with Gasteiger partial charge in [0.05, 0.1) is 5.02 Å². The summed E-state index contributed by atoms with van der Waals surface area (Å²) in [4.78, 5) is 10.6. The Kier molecular flexibility index (Phi) is 4.25. The van der Waals surface area contributed by atoms with E-state index < -0.39 is 10.0 Å². The summed E-state index contributed by atoms with van der Waals surface area (Å²) in [6, 6.07) is 6.48. The third kappa shape index (κ3) is 2.79. The summed E-state index contributed by atoms with van der Waals surface area (Å²) in [7, 11) is -1.86. The van der Waals surface area contributed by atoms with Crippen LogP contribution in [0.3, 0.4) is 0 Å². The smallest absolute Gasteiger partial charge is 0.244 e. The highest BCUT2D eigenvalue weighted by Gasteiger charge is 2.31. The molecule has 4 rings (SSSR count). The Bertz CT molecular complexity index is 1060. The number of nitrogens with zero attached hydrogens (tertiary/aromatic N) is 7. The fourth-order valence-electron chi connectivity index (χ4n) is 3.01. The minimum atomic E-state index is -3.63. The van der Waals surface area contributed by atoms with Crippen molar-refractivity contribution in [1.29, 1.82) is 0 Å². The molecule has 0 amide bonds. The molecule has 3 heterocycles. The Labute approximate surface area is 155 Å². The van der Waals surface area contributed by atoms with Gasteiger partial charge in [0.25, 0.3) is 0 Å². The normalized spacial score (nSPS) is 16.3. The molecule has 11 heteroatoms. The van der Waals surface area contributed by atoms with Crippen molar-refractivity contribution in [2.45, 2.75) is 4.90 Å². The number of benzene rings is 1. The van der Waals surface area contributed by atoms with Gasteiger partial charge in [0.2, 0.25) is 10.0 Å². The number of hydrogen-bond donors (Lipinski definition) is 0. The standard InChI is InChI=1S/C15H16ClN7O2S/c1-21-14-13(19-20-21)15(18-10-17-14)22-6-8-23(9-7-22)26(24,25)12-5-3-2-4-11(12)16/h2-5,10H,6-9H2,1H3. The third-order valence-electron chi connectivity index (χ3n) is 4.36. The number of sulfonamides is 1. The Morgan fingerprint density at radius 3 is 2.54 bits per heavy atom. The molecule has 3 aromatic rings. The van der Waals surface area contributed by atoms with Crippen LogP contribution in [0.5, 0.6) is 0 Å². The zero-order valence-electron chi connectivity index (χ0n) is 13.9. The van der Waals surface area contributed by atoms with Gasteiger partial charge in [0, 0.05) is 33.2 Å². The van der Waals surface area contributed by atoms with Gasteiger partial charge in [-0.25, -0.2) is 23.1 Å². The molecule has 1 aromatic carbocycles. The SMILES string of the molecule is Cn1nnc2c(N3CCN(S(=O)(=O)c4ccccc4Cl)CC3)ncnc21. The summed E-state index contributed by atoms with van der Waals surface area (Å²) in [5.74, 6) is 0.665. The van der Waals surface area contributed by atoms with Crippen molar-refractivity contribution < 1.29 is 8.42 Å². The van der Waals surface area contributed by atoms with Crippen LogP contribution in [0.2, 0.25) is 5.02 Å². The summed E-state index contributed by atoms with van der Waals surface area (Å²) in [5.41, 5.74) is 1.25. The second-order valence-electron chi connectivity index (χ2n) is 5.90. The molecular formula is C15H16ClN7O2S. The highest BCUT2D eigenvalue weighted by molar-refractivity contribution is 7.89. The topological polar surface area (TPSA) is 97.1 Å². The van der Waals surface area contributed by atoms with Crippen LogP contribution in [0.25, 0.3) is 11.2 Å². The lowest BCUT2D eigenvalue weighted by molar-refractivity contribution is 0.384. The predicted molar refractivity (Wildman–Crippen MR) is 96.5 cm³/mol. The molecule has 0 bridgehead atoms. The quantitative estimate of drug-likeness (QED) is 0.652. The first-order valence-electron chi connectivity index (χ1n) is 7.98. The van der Waals surface area contributed by atoms with Crippen molar-refractivity contribution in [2.75, 3.05) is 31.1 Å². The first kappa shape index (κ1) is 17.1. The van der Waals surface area contributed by atoms with Crippen molar-refractivity contribution in [1.82, 2.24) is 29.3 Å². The van der Waals surface area contributed by atoms with Crippen LogP contribution < -0.4 is 4.90 Å². The minimum absolute atomic E-state index is 0.133. The molecule has 1 aliphatic heterocycles. The molecule has 0 radical (unpaired) electrons. The monoisotopic (exact) mass is 393 g/mol. The Balaban J connectivity index is 1.57. The molecule has 2 aromatic heterocycles. The lowest BCUT2D eigenvalue weighted by Gasteiger charge is -2.34. The van der Waals surface area contributed by atoms with E-state index in [-0.39, 0.29) is 9.92 Å². The molecule has 0 unspecified atom stereocenters. The molecule has 136 valence electrons. The first-order chi connectivity index (χ1) is 12.5. The van der Waals surface area contributed by atoms with E-state index >= 15 is 0 Å². The predicted octanol–water partition coefficient (Wildman–Crippen LogP) is 0.923. The fraction of sp³-hybridized carbons (Fsp3) is 0.333. The van der Waals surface area contributed by atoms with Crippen molar-refractivity contribution in [2.24, 2.45) is 7.05 Å². The van der Waals surface area contributed by atoms with Gasteiger partial charge in [-0.2, -0.15) is 4.31 Å². The van der Waals surface area contributed by atoms with Gasteiger partial charge in [-0.1, -0.05) is 28.9 Å².